The molecule has 2 aromatic rings. The molecule has 1 aliphatic heterocycles. The fourth-order valence-electron chi connectivity index (χ4n) is 5.47. The van der Waals surface area contributed by atoms with Crippen LogP contribution in [0.4, 0.5) is 5.69 Å². The highest BCUT2D eigenvalue weighted by Crippen LogP contribution is 2.55. The molecule has 0 radical (unpaired) electrons. The lowest BCUT2D eigenvalue weighted by Crippen LogP contribution is -2.24. The molecule has 0 fully saturated rings. The number of rotatable bonds is 3. The highest BCUT2D eigenvalue weighted by atomic mass is 15.0. The van der Waals surface area contributed by atoms with Crippen LogP contribution in [0.2, 0.25) is 0 Å². The van der Waals surface area contributed by atoms with Crippen LogP contribution in [0.25, 0.3) is 11.6 Å². The molecule has 2 atom stereocenters. The third-order valence-corrected chi connectivity index (χ3v) is 7.25. The molecule has 2 unspecified atom stereocenters. The molecule has 1 N–H and O–H groups in total. The molecule has 0 saturated heterocycles. The highest BCUT2D eigenvalue weighted by molar-refractivity contribution is 6.14. The van der Waals surface area contributed by atoms with Crippen molar-refractivity contribution in [1.29, 1.82) is 0 Å². The lowest BCUT2D eigenvalue weighted by molar-refractivity contribution is 0.394. The van der Waals surface area contributed by atoms with Gasteiger partial charge >= 0.3 is 0 Å². The van der Waals surface area contributed by atoms with Crippen LogP contribution < -0.4 is 5.32 Å². The molecule has 3 heteroatoms. The van der Waals surface area contributed by atoms with Gasteiger partial charge in [0, 0.05) is 29.6 Å². The number of allylic oxidation sites excluding steroid dienone is 6. The smallest absolute Gasteiger partial charge is 0.126 e. The molecule has 1 heterocycles. The van der Waals surface area contributed by atoms with E-state index in [9.17, 15) is 0 Å². The fraction of sp³-hybridized carbons (Fsp3) is 0.188. The van der Waals surface area contributed by atoms with Crippen LogP contribution in [0, 0.1) is 5.92 Å². The molecular weight excluding hydrogens is 426 g/mol. The van der Waals surface area contributed by atoms with Crippen molar-refractivity contribution >= 4 is 29.4 Å². The summed E-state index contributed by atoms with van der Waals surface area (Å²) in [5.41, 5.74) is 7.87. The quantitative estimate of drug-likeness (QED) is 0.509. The van der Waals surface area contributed by atoms with Crippen molar-refractivity contribution in [3.05, 3.63) is 126 Å². The van der Waals surface area contributed by atoms with E-state index in [4.69, 9.17) is 4.99 Å². The van der Waals surface area contributed by atoms with Crippen LogP contribution in [-0.2, 0) is 5.41 Å². The highest BCUT2D eigenvalue weighted by Gasteiger charge is 2.45. The van der Waals surface area contributed by atoms with Crippen molar-refractivity contribution < 1.29 is 0 Å². The Morgan fingerprint density at radius 3 is 2.66 bits per heavy atom. The van der Waals surface area contributed by atoms with Gasteiger partial charge < -0.3 is 5.32 Å². The number of nitrogens with one attached hydrogen (secondary N) is 1. The number of nitrogens with zero attached hydrogens (tertiary/aromatic N) is 2. The van der Waals surface area contributed by atoms with Crippen LogP contribution in [0.3, 0.4) is 0 Å². The SMILES string of the molecule is C=Cc1c(NC2=NC/C=C\N=CC(=C)/C(c3ccccc3)=C\2)ccc2c1C1C=CC=CC1C2(C)C. The Labute approximate surface area is 208 Å². The fourth-order valence-corrected chi connectivity index (χ4v) is 5.47. The number of amidine groups is 1. The van der Waals surface area contributed by atoms with Gasteiger partial charge in [-0.05, 0) is 57.4 Å². The van der Waals surface area contributed by atoms with E-state index < -0.39 is 0 Å². The Morgan fingerprint density at radius 2 is 1.86 bits per heavy atom. The van der Waals surface area contributed by atoms with Gasteiger partial charge in [-0.3, -0.25) is 9.98 Å². The van der Waals surface area contributed by atoms with E-state index in [-0.39, 0.29) is 5.41 Å². The van der Waals surface area contributed by atoms with Crippen molar-refractivity contribution in [2.24, 2.45) is 15.9 Å². The molecule has 174 valence electrons. The van der Waals surface area contributed by atoms with Crippen LogP contribution >= 0.6 is 0 Å². The van der Waals surface area contributed by atoms with Gasteiger partial charge in [0.05, 0.1) is 6.54 Å². The first-order valence-corrected chi connectivity index (χ1v) is 12.1. The van der Waals surface area contributed by atoms with Gasteiger partial charge in [-0.25, -0.2) is 0 Å². The molecular formula is C32H31N3. The van der Waals surface area contributed by atoms with Gasteiger partial charge in [-0.2, -0.15) is 0 Å². The summed E-state index contributed by atoms with van der Waals surface area (Å²) < 4.78 is 0. The minimum Gasteiger partial charge on any atom is -0.340 e. The van der Waals surface area contributed by atoms with E-state index in [1.807, 2.05) is 30.4 Å². The van der Waals surface area contributed by atoms with E-state index in [0.29, 0.717) is 18.4 Å². The van der Waals surface area contributed by atoms with Gasteiger partial charge in [-0.1, -0.05) is 93.8 Å². The standard InChI is InChI=1S/C32H31N3/c1-5-24-29(17-16-28-31(24)25-14-9-10-15-27(25)32(28,3)4)35-30-20-26(23-12-7-6-8-13-23)22(2)21-33-18-11-19-34-30/h5-18,20-21,25,27H,1-2,19H2,3-4H3,(H,34,35)/b18-11-,26-20+,33-21?. The van der Waals surface area contributed by atoms with Gasteiger partial charge in [0.2, 0.25) is 0 Å². The second-order valence-electron chi connectivity index (χ2n) is 9.70. The summed E-state index contributed by atoms with van der Waals surface area (Å²) in [6.45, 7) is 13.7. The molecule has 2 aromatic carbocycles. The van der Waals surface area contributed by atoms with E-state index in [0.717, 1.165) is 33.8 Å². The molecule has 0 amide bonds. The maximum absolute atomic E-state index is 4.84. The maximum Gasteiger partial charge on any atom is 0.126 e. The van der Waals surface area contributed by atoms with Gasteiger partial charge in [0.15, 0.2) is 0 Å². The van der Waals surface area contributed by atoms with Gasteiger partial charge in [-0.15, -0.1) is 0 Å². The minimum absolute atomic E-state index is 0.0632. The Kier molecular flexibility index (Phi) is 6.08. The van der Waals surface area contributed by atoms with Crippen molar-refractivity contribution in [2.75, 3.05) is 11.9 Å². The van der Waals surface area contributed by atoms with Crippen molar-refractivity contribution in [3.8, 4) is 0 Å². The molecule has 35 heavy (non-hydrogen) atoms. The number of hydrogen-bond acceptors (Lipinski definition) is 3. The zero-order valence-corrected chi connectivity index (χ0v) is 20.4. The second kappa shape index (κ2) is 9.34. The van der Waals surface area contributed by atoms with E-state index >= 15 is 0 Å². The molecule has 5 rings (SSSR count). The lowest BCUT2D eigenvalue weighted by atomic mass is 9.74. The van der Waals surface area contributed by atoms with Gasteiger partial charge in [0.25, 0.3) is 0 Å². The summed E-state index contributed by atoms with van der Waals surface area (Å²) in [7, 11) is 0. The van der Waals surface area contributed by atoms with Crippen molar-refractivity contribution in [1.82, 2.24) is 0 Å². The summed E-state index contributed by atoms with van der Waals surface area (Å²) >= 11 is 0. The maximum atomic E-state index is 4.84. The summed E-state index contributed by atoms with van der Waals surface area (Å²) in [6.07, 6.45) is 18.6. The molecule has 0 spiro atoms. The first-order valence-electron chi connectivity index (χ1n) is 12.1. The predicted octanol–water partition coefficient (Wildman–Crippen LogP) is 7.49. The zero-order valence-electron chi connectivity index (χ0n) is 20.4. The van der Waals surface area contributed by atoms with Crippen LogP contribution in [0.15, 0.2) is 114 Å². The summed E-state index contributed by atoms with van der Waals surface area (Å²) in [4.78, 5) is 9.19. The van der Waals surface area contributed by atoms with E-state index in [1.54, 1.807) is 12.4 Å². The second-order valence-corrected chi connectivity index (χ2v) is 9.70. The average Bonchev–Trinajstić information content (AvgIpc) is 3.11. The monoisotopic (exact) mass is 457 g/mol. The number of anilines is 1. The Morgan fingerprint density at radius 1 is 1.06 bits per heavy atom. The molecule has 0 saturated carbocycles. The predicted molar refractivity (Wildman–Crippen MR) is 151 cm³/mol. The molecule has 0 aromatic heterocycles. The Hall–Kier alpha value is -3.98. The van der Waals surface area contributed by atoms with Crippen LogP contribution in [-0.4, -0.2) is 18.6 Å². The lowest BCUT2D eigenvalue weighted by Gasteiger charge is -2.29. The number of hydrogen-bond donors (Lipinski definition) is 1. The third kappa shape index (κ3) is 4.19. The van der Waals surface area contributed by atoms with Crippen molar-refractivity contribution in [2.45, 2.75) is 25.2 Å². The van der Waals surface area contributed by atoms with E-state index in [2.05, 4.69) is 92.0 Å². The largest absolute Gasteiger partial charge is 0.340 e. The topological polar surface area (TPSA) is 36.8 Å². The number of aliphatic imine (C=N–C) groups is 2. The Balaban J connectivity index is 1.59. The third-order valence-electron chi connectivity index (χ3n) is 7.25. The van der Waals surface area contributed by atoms with Gasteiger partial charge in [0.1, 0.15) is 5.84 Å². The van der Waals surface area contributed by atoms with Crippen LogP contribution in [0.5, 0.6) is 0 Å². The molecule has 3 nitrogen and oxygen atoms in total. The summed E-state index contributed by atoms with van der Waals surface area (Å²) in [5.74, 6) is 1.57. The van der Waals surface area contributed by atoms with Crippen LogP contribution in [0.1, 0.15) is 42.0 Å². The Bertz CT molecular complexity index is 1350. The molecule has 2 aliphatic carbocycles. The van der Waals surface area contributed by atoms with E-state index in [1.165, 1.54) is 11.1 Å². The normalized spacial score (nSPS) is 24.6. The zero-order chi connectivity index (χ0) is 24.4. The molecule has 0 bridgehead atoms. The molecule has 3 aliphatic rings. The number of benzene rings is 2. The summed E-state index contributed by atoms with van der Waals surface area (Å²) in [5, 5.41) is 3.63. The number of fused-ring (bicyclic) bond motifs is 3. The first-order chi connectivity index (χ1) is 17.0. The first kappa shape index (κ1) is 22.8. The van der Waals surface area contributed by atoms with Crippen molar-refractivity contribution in [3.63, 3.8) is 0 Å². The average molecular weight is 458 g/mol. The minimum atomic E-state index is 0.0632. The summed E-state index contributed by atoms with van der Waals surface area (Å²) in [6, 6.07) is 14.7.